The topological polar surface area (TPSA) is 25.8 Å². The minimum Gasteiger partial charge on any atom is -0.207 e. The molecule has 0 aliphatic heterocycles. The van der Waals surface area contributed by atoms with Crippen LogP contribution >= 0.6 is 0 Å². The quantitative estimate of drug-likeness (QED) is 0.748. The van der Waals surface area contributed by atoms with Gasteiger partial charge in [0.25, 0.3) is 0 Å². The molecule has 0 radical (unpaired) electrons. The van der Waals surface area contributed by atoms with Crippen LogP contribution < -0.4 is 0 Å². The molecule has 0 saturated heterocycles. The molecule has 2 aromatic rings. The van der Waals surface area contributed by atoms with Crippen molar-refractivity contribution in [3.63, 3.8) is 0 Å². The van der Waals surface area contributed by atoms with Crippen LogP contribution in [0.5, 0.6) is 0 Å². The van der Waals surface area contributed by atoms with Gasteiger partial charge in [-0.1, -0.05) is 20.8 Å². The van der Waals surface area contributed by atoms with Crippen molar-refractivity contribution < 1.29 is 4.39 Å². The first-order valence-corrected chi connectivity index (χ1v) is 5.56. The minimum absolute atomic E-state index is 0.0142. The van der Waals surface area contributed by atoms with Crippen molar-refractivity contribution in [2.24, 2.45) is 0 Å². The lowest BCUT2D eigenvalue weighted by atomic mass is 9.85. The van der Waals surface area contributed by atoms with E-state index in [2.05, 4.69) is 31.0 Å². The molecular formula is C14H15FN2. The van der Waals surface area contributed by atoms with Crippen LogP contribution in [-0.4, -0.2) is 10.2 Å². The highest BCUT2D eigenvalue weighted by atomic mass is 19.1. The van der Waals surface area contributed by atoms with E-state index < -0.39 is 0 Å². The standard InChI is InChI=1S/C14H15FN2/c1-14(2,3)12-8-9-16-17-13(12)10-4-6-11(15)7-5-10/h4-9H,1-3H3. The van der Waals surface area contributed by atoms with Crippen LogP contribution in [0.25, 0.3) is 11.3 Å². The summed E-state index contributed by atoms with van der Waals surface area (Å²) < 4.78 is 12.9. The second-order valence-electron chi connectivity index (χ2n) is 5.05. The highest BCUT2D eigenvalue weighted by Crippen LogP contribution is 2.30. The Labute approximate surface area is 101 Å². The van der Waals surface area contributed by atoms with Gasteiger partial charge in [0.2, 0.25) is 0 Å². The van der Waals surface area contributed by atoms with Crippen molar-refractivity contribution in [1.29, 1.82) is 0 Å². The molecule has 0 bridgehead atoms. The van der Waals surface area contributed by atoms with Gasteiger partial charge >= 0.3 is 0 Å². The van der Waals surface area contributed by atoms with E-state index in [4.69, 9.17) is 0 Å². The lowest BCUT2D eigenvalue weighted by Gasteiger charge is -2.21. The fourth-order valence-corrected chi connectivity index (χ4v) is 1.76. The third-order valence-corrected chi connectivity index (χ3v) is 2.65. The Morgan fingerprint density at radius 1 is 1.00 bits per heavy atom. The minimum atomic E-state index is -0.241. The summed E-state index contributed by atoms with van der Waals surface area (Å²) in [5, 5.41) is 8.09. The molecule has 0 aliphatic rings. The van der Waals surface area contributed by atoms with E-state index in [0.717, 1.165) is 16.8 Å². The highest BCUT2D eigenvalue weighted by molar-refractivity contribution is 5.63. The van der Waals surface area contributed by atoms with Gasteiger partial charge in [0.05, 0.1) is 5.69 Å². The maximum absolute atomic E-state index is 12.9. The van der Waals surface area contributed by atoms with Gasteiger partial charge in [-0.15, -0.1) is 0 Å². The average molecular weight is 230 g/mol. The molecule has 2 rings (SSSR count). The SMILES string of the molecule is CC(C)(C)c1ccnnc1-c1ccc(F)cc1. The zero-order valence-corrected chi connectivity index (χ0v) is 10.2. The Bertz CT molecular complexity index is 512. The van der Waals surface area contributed by atoms with Crippen LogP contribution in [0.15, 0.2) is 36.5 Å². The molecule has 0 fully saturated rings. The molecule has 0 amide bonds. The normalized spacial score (nSPS) is 11.5. The third kappa shape index (κ3) is 2.49. The van der Waals surface area contributed by atoms with E-state index >= 15 is 0 Å². The van der Waals surface area contributed by atoms with Gasteiger partial charge in [-0.05, 0) is 41.3 Å². The molecule has 0 atom stereocenters. The Hall–Kier alpha value is -1.77. The van der Waals surface area contributed by atoms with Crippen molar-refractivity contribution in [3.05, 3.63) is 47.9 Å². The molecule has 17 heavy (non-hydrogen) atoms. The maximum atomic E-state index is 12.9. The van der Waals surface area contributed by atoms with Crippen LogP contribution in [0.1, 0.15) is 26.3 Å². The Balaban J connectivity index is 2.56. The molecule has 0 spiro atoms. The number of rotatable bonds is 1. The van der Waals surface area contributed by atoms with E-state index in [0.29, 0.717) is 0 Å². The largest absolute Gasteiger partial charge is 0.207 e. The molecule has 2 nitrogen and oxygen atoms in total. The van der Waals surface area contributed by atoms with Crippen molar-refractivity contribution in [2.45, 2.75) is 26.2 Å². The van der Waals surface area contributed by atoms with Gasteiger partial charge in [0, 0.05) is 11.8 Å². The number of halogens is 1. The predicted octanol–water partition coefficient (Wildman–Crippen LogP) is 3.58. The molecule has 0 aliphatic carbocycles. The average Bonchev–Trinajstić information content (AvgIpc) is 2.29. The van der Waals surface area contributed by atoms with Gasteiger partial charge in [-0.25, -0.2) is 4.39 Å². The van der Waals surface area contributed by atoms with Gasteiger partial charge in [-0.3, -0.25) is 0 Å². The predicted molar refractivity (Wildman–Crippen MR) is 66.1 cm³/mol. The van der Waals surface area contributed by atoms with E-state index in [1.807, 2.05) is 6.07 Å². The molecule has 88 valence electrons. The first-order chi connectivity index (χ1) is 7.98. The molecule has 1 heterocycles. The van der Waals surface area contributed by atoms with Crippen LogP contribution in [-0.2, 0) is 5.41 Å². The Morgan fingerprint density at radius 2 is 1.65 bits per heavy atom. The van der Waals surface area contributed by atoms with Crippen molar-refractivity contribution in [3.8, 4) is 11.3 Å². The summed E-state index contributed by atoms with van der Waals surface area (Å²) in [5.74, 6) is -0.241. The van der Waals surface area contributed by atoms with Crippen LogP contribution in [0.4, 0.5) is 4.39 Å². The first kappa shape index (κ1) is 11.7. The van der Waals surface area contributed by atoms with Crippen molar-refractivity contribution >= 4 is 0 Å². The smallest absolute Gasteiger partial charge is 0.123 e. The van der Waals surface area contributed by atoms with Crippen molar-refractivity contribution in [2.75, 3.05) is 0 Å². The summed E-state index contributed by atoms with van der Waals surface area (Å²) in [6.45, 7) is 6.37. The lowest BCUT2D eigenvalue weighted by molar-refractivity contribution is 0.587. The van der Waals surface area contributed by atoms with E-state index in [-0.39, 0.29) is 11.2 Å². The second kappa shape index (κ2) is 4.24. The second-order valence-corrected chi connectivity index (χ2v) is 5.05. The third-order valence-electron chi connectivity index (χ3n) is 2.65. The Morgan fingerprint density at radius 3 is 2.24 bits per heavy atom. The summed E-state index contributed by atoms with van der Waals surface area (Å²) in [7, 11) is 0. The maximum Gasteiger partial charge on any atom is 0.123 e. The van der Waals surface area contributed by atoms with E-state index in [1.54, 1.807) is 18.3 Å². The number of hydrogen-bond donors (Lipinski definition) is 0. The monoisotopic (exact) mass is 230 g/mol. The van der Waals surface area contributed by atoms with Crippen LogP contribution in [0, 0.1) is 5.82 Å². The van der Waals surface area contributed by atoms with Crippen LogP contribution in [0.3, 0.4) is 0 Å². The molecule has 1 aromatic heterocycles. The summed E-state index contributed by atoms with van der Waals surface area (Å²) >= 11 is 0. The lowest BCUT2D eigenvalue weighted by Crippen LogP contribution is -2.14. The van der Waals surface area contributed by atoms with Gasteiger partial charge < -0.3 is 0 Å². The van der Waals surface area contributed by atoms with Gasteiger partial charge in [0.15, 0.2) is 0 Å². The summed E-state index contributed by atoms with van der Waals surface area (Å²) in [6, 6.07) is 8.31. The molecule has 0 unspecified atom stereocenters. The first-order valence-electron chi connectivity index (χ1n) is 5.56. The Kier molecular flexibility index (Phi) is 2.92. The molecule has 0 saturated carbocycles. The summed E-state index contributed by atoms with van der Waals surface area (Å²) in [4.78, 5) is 0. The number of hydrogen-bond acceptors (Lipinski definition) is 2. The summed E-state index contributed by atoms with van der Waals surface area (Å²) in [6.07, 6.45) is 1.69. The number of benzene rings is 1. The van der Waals surface area contributed by atoms with Crippen LogP contribution in [0.2, 0.25) is 0 Å². The zero-order valence-electron chi connectivity index (χ0n) is 10.2. The molecule has 3 heteroatoms. The molecule has 1 aromatic carbocycles. The highest BCUT2D eigenvalue weighted by Gasteiger charge is 2.19. The molecule has 0 N–H and O–H groups in total. The fraction of sp³-hybridized carbons (Fsp3) is 0.286. The van der Waals surface area contributed by atoms with Crippen molar-refractivity contribution in [1.82, 2.24) is 10.2 Å². The molecular weight excluding hydrogens is 215 g/mol. The van der Waals surface area contributed by atoms with E-state index in [1.165, 1.54) is 12.1 Å². The number of aromatic nitrogens is 2. The van der Waals surface area contributed by atoms with Gasteiger partial charge in [0.1, 0.15) is 5.82 Å². The number of nitrogens with zero attached hydrogens (tertiary/aromatic N) is 2. The fourth-order valence-electron chi connectivity index (χ4n) is 1.76. The zero-order chi connectivity index (χ0) is 12.5. The summed E-state index contributed by atoms with van der Waals surface area (Å²) in [5.41, 5.74) is 2.81. The van der Waals surface area contributed by atoms with E-state index in [9.17, 15) is 4.39 Å². The van der Waals surface area contributed by atoms with Gasteiger partial charge in [-0.2, -0.15) is 10.2 Å².